The van der Waals surface area contributed by atoms with Crippen LogP contribution in [0.15, 0.2) is 12.1 Å². The van der Waals surface area contributed by atoms with Crippen LogP contribution in [0.4, 0.5) is 4.79 Å². The summed E-state index contributed by atoms with van der Waals surface area (Å²) in [7, 11) is 1.80. The summed E-state index contributed by atoms with van der Waals surface area (Å²) < 4.78 is 24.9. The minimum atomic E-state index is -0.988. The van der Waals surface area contributed by atoms with Gasteiger partial charge in [0.05, 0.1) is 18.8 Å². The van der Waals surface area contributed by atoms with E-state index in [2.05, 4.69) is 31.7 Å². The second-order valence-corrected chi connectivity index (χ2v) is 16.3. The molecule has 2 aliphatic heterocycles. The van der Waals surface area contributed by atoms with Crippen LogP contribution in [0.1, 0.15) is 83.8 Å². The number of nitrogens with zero attached hydrogens (tertiary/aromatic N) is 1. The number of likely N-dealkylation sites (tertiary alicyclic amines) is 1. The Morgan fingerprint density at radius 1 is 1.23 bits per heavy atom. The number of hydrogen-bond acceptors (Lipinski definition) is 9. The summed E-state index contributed by atoms with van der Waals surface area (Å²) in [6.45, 7) is 10.5. The lowest BCUT2D eigenvalue weighted by atomic mass is 9.37. The van der Waals surface area contributed by atoms with E-state index in [9.17, 15) is 15.0 Å². The van der Waals surface area contributed by atoms with Gasteiger partial charge in [0.25, 0.3) is 0 Å². The number of carbonyl (C=O) groups is 1. The first-order chi connectivity index (χ1) is 20.3. The molecule has 6 fully saturated rings. The van der Waals surface area contributed by atoms with Crippen molar-refractivity contribution in [1.29, 1.82) is 0 Å². The molecule has 9 rings (SSSR count). The zero-order valence-electron chi connectivity index (χ0n) is 26.3. The molecule has 9 nitrogen and oxygen atoms in total. The third-order valence-corrected chi connectivity index (χ3v) is 13.6. The van der Waals surface area contributed by atoms with E-state index in [-0.39, 0.29) is 46.9 Å². The molecule has 9 atom stereocenters. The van der Waals surface area contributed by atoms with Gasteiger partial charge in [-0.2, -0.15) is 0 Å². The number of benzene rings is 1. The highest BCUT2D eigenvalue weighted by molar-refractivity contribution is 5.74. The van der Waals surface area contributed by atoms with Crippen LogP contribution in [-0.4, -0.2) is 84.1 Å². The minimum absolute atomic E-state index is 0.0484. The molecule has 0 aromatic heterocycles. The predicted octanol–water partition coefficient (Wildman–Crippen LogP) is 3.64. The van der Waals surface area contributed by atoms with Crippen molar-refractivity contribution in [2.24, 2.45) is 28.4 Å². The quantitative estimate of drug-likeness (QED) is 0.290. The summed E-state index contributed by atoms with van der Waals surface area (Å²) in [5, 5.41) is 21.6. The van der Waals surface area contributed by atoms with Crippen molar-refractivity contribution in [3.63, 3.8) is 0 Å². The van der Waals surface area contributed by atoms with Gasteiger partial charge in [-0.25, -0.2) is 4.79 Å². The smallest absolute Gasteiger partial charge is 0.482 e. The molecule has 4 N–H and O–H groups in total. The zero-order chi connectivity index (χ0) is 30.4. The molecule has 1 aromatic carbocycles. The molecule has 1 saturated heterocycles. The summed E-state index contributed by atoms with van der Waals surface area (Å²) in [5.74, 6) is 1.74. The van der Waals surface area contributed by atoms with Crippen molar-refractivity contribution in [2.45, 2.75) is 113 Å². The number of aliphatic hydroxyl groups excluding tert-OH is 1. The lowest BCUT2D eigenvalue weighted by Gasteiger charge is -2.72. The number of rotatable bonds is 9. The van der Waals surface area contributed by atoms with Gasteiger partial charge in [-0.05, 0) is 74.8 Å². The summed E-state index contributed by atoms with van der Waals surface area (Å²) in [5.41, 5.74) is 6.07. The van der Waals surface area contributed by atoms with Crippen LogP contribution in [0, 0.1) is 22.7 Å². The van der Waals surface area contributed by atoms with Gasteiger partial charge in [0.2, 0.25) is 0 Å². The molecule has 9 heteroatoms. The summed E-state index contributed by atoms with van der Waals surface area (Å²) in [6.07, 6.45) is 5.73. The first kappa shape index (κ1) is 28.6. The summed E-state index contributed by atoms with van der Waals surface area (Å²) in [4.78, 5) is 15.6. The number of aliphatic hydroxyl groups is 2. The van der Waals surface area contributed by atoms with Gasteiger partial charge in [0.15, 0.2) is 11.5 Å². The first-order valence-corrected chi connectivity index (χ1v) is 16.4. The van der Waals surface area contributed by atoms with E-state index in [0.717, 1.165) is 38.1 Å². The SMILES string of the molecule is CO[C@]12CCC3(CC1C(C)(O)C(C)(C)C)C1N(CC4CC4)CC14CC31c3c4ccc(OC(=O)OCCC(N)CO)c3O[C@H]12. The summed E-state index contributed by atoms with van der Waals surface area (Å²) >= 11 is 0. The third-order valence-electron chi connectivity index (χ3n) is 13.6. The lowest BCUT2D eigenvalue weighted by Crippen LogP contribution is -2.81. The van der Waals surface area contributed by atoms with Crippen LogP contribution >= 0.6 is 0 Å². The van der Waals surface area contributed by atoms with E-state index in [1.165, 1.54) is 30.5 Å². The highest BCUT2D eigenvalue weighted by Crippen LogP contribution is 2.86. The Hall–Kier alpha value is -1.91. The second kappa shape index (κ2) is 8.66. The Bertz CT molecular complexity index is 1370. The Balaban J connectivity index is 1.23. The van der Waals surface area contributed by atoms with Crippen LogP contribution in [0.3, 0.4) is 0 Å². The fourth-order valence-corrected chi connectivity index (χ4v) is 11.3. The Labute approximate surface area is 254 Å². The van der Waals surface area contributed by atoms with Crippen molar-refractivity contribution < 1.29 is 34.0 Å². The third kappa shape index (κ3) is 3.23. The van der Waals surface area contributed by atoms with Crippen LogP contribution in [0.25, 0.3) is 0 Å². The number of nitrogens with two attached hydrogens (primary N) is 1. The second-order valence-electron chi connectivity index (χ2n) is 16.3. The number of hydrogen-bond donors (Lipinski definition) is 3. The molecular weight excluding hydrogens is 548 g/mol. The van der Waals surface area contributed by atoms with Crippen molar-refractivity contribution in [1.82, 2.24) is 4.90 Å². The average molecular weight is 597 g/mol. The Morgan fingerprint density at radius 3 is 2.67 bits per heavy atom. The van der Waals surface area contributed by atoms with Crippen LogP contribution in [-0.2, 0) is 20.3 Å². The van der Waals surface area contributed by atoms with Gasteiger partial charge >= 0.3 is 6.16 Å². The highest BCUT2D eigenvalue weighted by Gasteiger charge is 2.91. The minimum Gasteiger partial charge on any atom is -0.482 e. The van der Waals surface area contributed by atoms with Crippen molar-refractivity contribution in [2.75, 3.05) is 33.4 Å². The highest BCUT2D eigenvalue weighted by atomic mass is 16.7. The molecule has 1 aromatic rings. The zero-order valence-corrected chi connectivity index (χ0v) is 26.3. The van der Waals surface area contributed by atoms with E-state index in [4.69, 9.17) is 24.7 Å². The van der Waals surface area contributed by atoms with Gasteiger partial charge in [-0.15, -0.1) is 0 Å². The largest absolute Gasteiger partial charge is 0.513 e. The van der Waals surface area contributed by atoms with Crippen LogP contribution in [0.5, 0.6) is 11.5 Å². The fraction of sp³-hybridized carbons (Fsp3) is 0.794. The Kier molecular flexibility index (Phi) is 5.75. The van der Waals surface area contributed by atoms with Crippen molar-refractivity contribution in [3.05, 3.63) is 23.3 Å². The van der Waals surface area contributed by atoms with E-state index in [1.54, 1.807) is 7.11 Å². The van der Waals surface area contributed by atoms with E-state index in [1.807, 2.05) is 13.0 Å². The molecule has 0 amide bonds. The summed E-state index contributed by atoms with van der Waals surface area (Å²) in [6, 6.07) is 4.04. The maximum Gasteiger partial charge on any atom is 0.513 e. The van der Waals surface area contributed by atoms with Gasteiger partial charge < -0.3 is 34.9 Å². The fourth-order valence-electron chi connectivity index (χ4n) is 11.3. The maximum absolute atomic E-state index is 12.8. The van der Waals surface area contributed by atoms with Gasteiger partial charge in [0.1, 0.15) is 11.7 Å². The number of ether oxygens (including phenoxy) is 4. The van der Waals surface area contributed by atoms with Crippen LogP contribution < -0.4 is 15.2 Å². The topological polar surface area (TPSA) is 124 Å². The molecular formula is C34H48N2O7. The molecule has 3 spiro atoms. The van der Waals surface area contributed by atoms with Gasteiger partial charge in [0, 0.05) is 60.0 Å². The number of carbonyl (C=O) groups excluding carboxylic acids is 1. The number of methoxy groups -OCH3 is 1. The first-order valence-electron chi connectivity index (χ1n) is 16.4. The van der Waals surface area contributed by atoms with E-state index < -0.39 is 23.4 Å². The lowest BCUT2D eigenvalue weighted by molar-refractivity contribution is -0.296. The van der Waals surface area contributed by atoms with Crippen molar-refractivity contribution >= 4 is 6.16 Å². The number of fused-ring (bicyclic) bond motifs is 2. The molecule has 5 saturated carbocycles. The normalized spacial score (nSPS) is 41.6. The standard InChI is InChI=1S/C34H48N2O7/c1-29(2,3)30(4,39)23-14-32-11-12-34(23,40-5)27-33(32)17-31(18-36(26(31)32)15-19-6-7-19)21-8-9-22(25(43-27)24(21)33)42-28(38)41-13-10-20(35)16-37/h8-9,19-20,23,26-27,37,39H,6-7,10-18,35H2,1-5H3/t20?,23?,26?,27-,30?,31?,32?,33?,34-/m1/s1. The van der Waals surface area contributed by atoms with E-state index >= 15 is 0 Å². The molecule has 43 heavy (non-hydrogen) atoms. The van der Waals surface area contributed by atoms with Gasteiger partial charge in [-0.3, -0.25) is 4.90 Å². The average Bonchev–Trinajstić information content (AvgIpc) is 3.56. The molecule has 236 valence electrons. The van der Waals surface area contributed by atoms with Crippen LogP contribution in [0.2, 0.25) is 0 Å². The molecule has 7 unspecified atom stereocenters. The predicted molar refractivity (Wildman–Crippen MR) is 158 cm³/mol. The molecule has 6 aliphatic carbocycles. The molecule has 2 heterocycles. The van der Waals surface area contributed by atoms with E-state index in [0.29, 0.717) is 24.0 Å². The monoisotopic (exact) mass is 596 g/mol. The molecule has 4 bridgehead atoms. The maximum atomic E-state index is 12.8. The Morgan fingerprint density at radius 2 is 2.00 bits per heavy atom. The van der Waals surface area contributed by atoms with Gasteiger partial charge in [-0.1, -0.05) is 26.8 Å². The molecule has 0 radical (unpaired) electrons. The molecule has 8 aliphatic rings. The van der Waals surface area contributed by atoms with Crippen molar-refractivity contribution in [3.8, 4) is 11.5 Å².